The fourth-order valence-electron chi connectivity index (χ4n) is 1.56. The van der Waals surface area contributed by atoms with E-state index in [9.17, 15) is 4.79 Å². The second-order valence-electron chi connectivity index (χ2n) is 4.29. The fourth-order valence-corrected chi connectivity index (χ4v) is 1.56. The topological polar surface area (TPSA) is 64.4 Å². The average Bonchev–Trinajstić information content (AvgIpc) is 2.90. The Kier molecular flexibility index (Phi) is 4.18. The van der Waals surface area contributed by atoms with Gasteiger partial charge in [-0.3, -0.25) is 4.79 Å². The van der Waals surface area contributed by atoms with Crippen LogP contribution in [-0.2, 0) is 6.54 Å². The molecule has 2 rings (SSSR count). The lowest BCUT2D eigenvalue weighted by Crippen LogP contribution is -2.23. The molecule has 0 aliphatic heterocycles. The largest absolute Gasteiger partial charge is 0.475 e. The first-order valence-electron chi connectivity index (χ1n) is 6.09. The third kappa shape index (κ3) is 3.58. The van der Waals surface area contributed by atoms with E-state index in [1.54, 1.807) is 18.3 Å². The third-order valence-electron chi connectivity index (χ3n) is 2.38. The predicted octanol–water partition coefficient (Wildman–Crippen LogP) is 2.39. The minimum atomic E-state index is -0.260. The molecule has 0 atom stereocenters. The van der Waals surface area contributed by atoms with Crippen molar-refractivity contribution in [3.63, 3.8) is 0 Å². The van der Waals surface area contributed by atoms with Crippen LogP contribution in [0.25, 0.3) is 0 Å². The van der Waals surface area contributed by atoms with E-state index >= 15 is 0 Å². The maximum absolute atomic E-state index is 11.7. The number of aromatic nitrogens is 1. The Bertz CT molecular complexity index is 535. The molecule has 5 nitrogen and oxygen atoms in total. The molecule has 0 aliphatic carbocycles. The summed E-state index contributed by atoms with van der Waals surface area (Å²) in [7, 11) is 0. The van der Waals surface area contributed by atoms with Crippen LogP contribution in [-0.4, -0.2) is 17.0 Å². The van der Waals surface area contributed by atoms with Gasteiger partial charge in [0.1, 0.15) is 0 Å². The smallest absolute Gasteiger partial charge is 0.287 e. The maximum Gasteiger partial charge on any atom is 0.287 e. The molecule has 1 amide bonds. The monoisotopic (exact) mass is 260 g/mol. The molecule has 19 heavy (non-hydrogen) atoms. The van der Waals surface area contributed by atoms with Gasteiger partial charge in [0.15, 0.2) is 5.76 Å². The molecule has 2 heterocycles. The van der Waals surface area contributed by atoms with E-state index < -0.39 is 0 Å². The van der Waals surface area contributed by atoms with E-state index in [0.717, 1.165) is 5.56 Å². The molecule has 2 aromatic rings. The third-order valence-corrected chi connectivity index (χ3v) is 2.38. The standard InChI is InChI=1S/C14H16N2O3/c1-10(2)19-14-11(5-3-7-15-14)9-16-13(17)12-6-4-8-18-12/h3-8,10H,9H2,1-2H3,(H,16,17). The number of nitrogens with zero attached hydrogens (tertiary/aromatic N) is 1. The first-order valence-corrected chi connectivity index (χ1v) is 6.09. The molecular formula is C14H16N2O3. The van der Waals surface area contributed by atoms with Gasteiger partial charge in [0.2, 0.25) is 5.88 Å². The molecule has 0 bridgehead atoms. The summed E-state index contributed by atoms with van der Waals surface area (Å²) in [5.41, 5.74) is 0.830. The van der Waals surface area contributed by atoms with Gasteiger partial charge in [-0.2, -0.15) is 0 Å². The van der Waals surface area contributed by atoms with Gasteiger partial charge in [0, 0.05) is 18.3 Å². The van der Waals surface area contributed by atoms with Crippen LogP contribution in [0.5, 0.6) is 5.88 Å². The van der Waals surface area contributed by atoms with Gasteiger partial charge in [-0.15, -0.1) is 0 Å². The van der Waals surface area contributed by atoms with Crippen molar-refractivity contribution in [2.24, 2.45) is 0 Å². The highest BCUT2D eigenvalue weighted by Gasteiger charge is 2.11. The molecule has 0 radical (unpaired) electrons. The van der Waals surface area contributed by atoms with E-state index in [4.69, 9.17) is 9.15 Å². The first kappa shape index (κ1) is 13.1. The highest BCUT2D eigenvalue weighted by molar-refractivity contribution is 5.91. The maximum atomic E-state index is 11.7. The number of nitrogens with one attached hydrogen (secondary N) is 1. The summed E-state index contributed by atoms with van der Waals surface area (Å²) >= 11 is 0. The lowest BCUT2D eigenvalue weighted by Gasteiger charge is -2.12. The molecule has 0 unspecified atom stereocenters. The zero-order valence-corrected chi connectivity index (χ0v) is 10.9. The Hall–Kier alpha value is -2.30. The van der Waals surface area contributed by atoms with Crippen LogP contribution in [0.1, 0.15) is 30.0 Å². The van der Waals surface area contributed by atoms with Gasteiger partial charge >= 0.3 is 0 Å². The number of carbonyl (C=O) groups is 1. The summed E-state index contributed by atoms with van der Waals surface area (Å²) in [6, 6.07) is 6.96. The Morgan fingerprint density at radius 1 is 1.42 bits per heavy atom. The summed E-state index contributed by atoms with van der Waals surface area (Å²) in [6.45, 7) is 4.20. The van der Waals surface area contributed by atoms with Crippen LogP contribution < -0.4 is 10.1 Å². The van der Waals surface area contributed by atoms with Crippen molar-refractivity contribution in [2.45, 2.75) is 26.5 Å². The van der Waals surface area contributed by atoms with E-state index in [0.29, 0.717) is 12.4 Å². The number of carbonyl (C=O) groups excluding carboxylic acids is 1. The Labute approximate surface area is 111 Å². The number of furan rings is 1. The number of hydrogen-bond donors (Lipinski definition) is 1. The average molecular weight is 260 g/mol. The molecule has 100 valence electrons. The molecule has 5 heteroatoms. The van der Waals surface area contributed by atoms with E-state index in [2.05, 4.69) is 10.3 Å². The Balaban J connectivity index is 2.01. The molecule has 0 saturated heterocycles. The molecule has 2 aromatic heterocycles. The van der Waals surface area contributed by atoms with Crippen molar-refractivity contribution in [1.82, 2.24) is 10.3 Å². The van der Waals surface area contributed by atoms with Crippen LogP contribution >= 0.6 is 0 Å². The van der Waals surface area contributed by atoms with Crippen molar-refractivity contribution < 1.29 is 13.9 Å². The summed E-state index contributed by atoms with van der Waals surface area (Å²) in [5.74, 6) is 0.566. The molecule has 0 saturated carbocycles. The molecule has 0 aliphatic rings. The minimum absolute atomic E-state index is 0.0365. The van der Waals surface area contributed by atoms with Crippen LogP contribution in [0.4, 0.5) is 0 Å². The number of hydrogen-bond acceptors (Lipinski definition) is 4. The summed E-state index contributed by atoms with van der Waals surface area (Å²) < 4.78 is 10.6. The van der Waals surface area contributed by atoms with Gasteiger partial charge in [0.05, 0.1) is 12.4 Å². The quantitative estimate of drug-likeness (QED) is 0.896. The SMILES string of the molecule is CC(C)Oc1ncccc1CNC(=O)c1ccco1. The summed E-state index contributed by atoms with van der Waals surface area (Å²) in [5, 5.41) is 2.76. The minimum Gasteiger partial charge on any atom is -0.475 e. The van der Waals surface area contributed by atoms with Gasteiger partial charge in [-0.25, -0.2) is 4.98 Å². The van der Waals surface area contributed by atoms with E-state index in [-0.39, 0.29) is 17.8 Å². The van der Waals surface area contributed by atoms with Crippen molar-refractivity contribution in [2.75, 3.05) is 0 Å². The molecule has 1 N–H and O–H groups in total. The molecule has 0 spiro atoms. The van der Waals surface area contributed by atoms with Crippen LogP contribution in [0.2, 0.25) is 0 Å². The van der Waals surface area contributed by atoms with E-state index in [1.165, 1.54) is 6.26 Å². The molecular weight excluding hydrogens is 244 g/mol. The zero-order valence-electron chi connectivity index (χ0n) is 10.9. The second-order valence-corrected chi connectivity index (χ2v) is 4.29. The van der Waals surface area contributed by atoms with Gasteiger partial charge < -0.3 is 14.5 Å². The number of pyridine rings is 1. The number of rotatable bonds is 5. The zero-order chi connectivity index (χ0) is 13.7. The van der Waals surface area contributed by atoms with Gasteiger partial charge in [-0.1, -0.05) is 6.07 Å². The predicted molar refractivity (Wildman–Crippen MR) is 69.9 cm³/mol. The van der Waals surface area contributed by atoms with Crippen molar-refractivity contribution in [3.8, 4) is 5.88 Å². The summed E-state index contributed by atoms with van der Waals surface area (Å²) in [4.78, 5) is 15.9. The Morgan fingerprint density at radius 2 is 2.26 bits per heavy atom. The first-order chi connectivity index (χ1) is 9.16. The van der Waals surface area contributed by atoms with Crippen molar-refractivity contribution >= 4 is 5.91 Å². The Morgan fingerprint density at radius 3 is 2.95 bits per heavy atom. The van der Waals surface area contributed by atoms with Crippen LogP contribution in [0, 0.1) is 0 Å². The van der Waals surface area contributed by atoms with E-state index in [1.807, 2.05) is 26.0 Å². The number of ether oxygens (including phenoxy) is 1. The van der Waals surface area contributed by atoms with Gasteiger partial charge in [-0.05, 0) is 32.0 Å². The molecule has 0 fully saturated rings. The van der Waals surface area contributed by atoms with Crippen LogP contribution in [0.15, 0.2) is 41.1 Å². The fraction of sp³-hybridized carbons (Fsp3) is 0.286. The second kappa shape index (κ2) is 6.04. The lowest BCUT2D eigenvalue weighted by molar-refractivity contribution is 0.0922. The molecule has 0 aromatic carbocycles. The van der Waals surface area contributed by atoms with Crippen molar-refractivity contribution in [1.29, 1.82) is 0 Å². The van der Waals surface area contributed by atoms with Crippen LogP contribution in [0.3, 0.4) is 0 Å². The highest BCUT2D eigenvalue weighted by Crippen LogP contribution is 2.15. The van der Waals surface area contributed by atoms with Gasteiger partial charge in [0.25, 0.3) is 5.91 Å². The highest BCUT2D eigenvalue weighted by atomic mass is 16.5. The number of amides is 1. The normalized spacial score (nSPS) is 10.5. The van der Waals surface area contributed by atoms with Crippen molar-refractivity contribution in [3.05, 3.63) is 48.0 Å². The summed E-state index contributed by atoms with van der Waals surface area (Å²) in [6.07, 6.45) is 3.16. The lowest BCUT2D eigenvalue weighted by atomic mass is 10.2.